The van der Waals surface area contributed by atoms with Gasteiger partial charge < -0.3 is 39.9 Å². The van der Waals surface area contributed by atoms with Crippen molar-refractivity contribution in [2.45, 2.75) is 153 Å². The standard InChI is InChI=1S/C28H53O13P/c1-3-5-7-8-9-10-11-12-13-14-15-17-22(30)40-20(18-38-21(29)16-6-4-2)19-39-42(36,37)41-28-26(34)24(32)23(31)25(33)27(28)35/h20,23-28,31-35H,3-19H2,1-2H3,(H,36,37). The third-order valence-corrected chi connectivity index (χ3v) is 8.18. The molecule has 14 heteroatoms. The van der Waals surface area contributed by atoms with Crippen LogP contribution < -0.4 is 0 Å². The maximum absolute atomic E-state index is 12.5. The first-order chi connectivity index (χ1) is 19.9. The maximum atomic E-state index is 12.5. The van der Waals surface area contributed by atoms with Gasteiger partial charge >= 0.3 is 19.8 Å². The maximum Gasteiger partial charge on any atom is 0.472 e. The Balaban J connectivity index is 2.55. The van der Waals surface area contributed by atoms with Gasteiger partial charge in [-0.15, -0.1) is 0 Å². The number of hydrogen-bond acceptors (Lipinski definition) is 12. The van der Waals surface area contributed by atoms with Gasteiger partial charge in [0.25, 0.3) is 0 Å². The monoisotopic (exact) mass is 628 g/mol. The third-order valence-electron chi connectivity index (χ3n) is 7.20. The molecular weight excluding hydrogens is 575 g/mol. The van der Waals surface area contributed by atoms with Gasteiger partial charge in [-0.2, -0.15) is 0 Å². The Hall–Kier alpha value is -1.15. The summed E-state index contributed by atoms with van der Waals surface area (Å²) in [5, 5.41) is 49.4. The van der Waals surface area contributed by atoms with Gasteiger partial charge in [0.15, 0.2) is 6.10 Å². The van der Waals surface area contributed by atoms with Crippen LogP contribution in [0.2, 0.25) is 0 Å². The minimum Gasteiger partial charge on any atom is -0.462 e. The fraction of sp³-hybridized carbons (Fsp3) is 0.929. The zero-order valence-electron chi connectivity index (χ0n) is 25.1. The minimum atomic E-state index is -5.07. The average molecular weight is 629 g/mol. The van der Waals surface area contributed by atoms with Gasteiger partial charge in [-0.3, -0.25) is 18.6 Å². The van der Waals surface area contributed by atoms with Crippen LogP contribution in [0.3, 0.4) is 0 Å². The van der Waals surface area contributed by atoms with Crippen LogP contribution in [-0.2, 0) is 32.7 Å². The molecule has 248 valence electrons. The van der Waals surface area contributed by atoms with Crippen molar-refractivity contribution in [1.29, 1.82) is 0 Å². The molecule has 6 unspecified atom stereocenters. The van der Waals surface area contributed by atoms with Crippen molar-refractivity contribution in [2.75, 3.05) is 13.2 Å². The lowest BCUT2D eigenvalue weighted by atomic mass is 9.85. The molecule has 1 aliphatic rings. The van der Waals surface area contributed by atoms with E-state index in [0.717, 1.165) is 32.1 Å². The lowest BCUT2D eigenvalue weighted by Gasteiger charge is -2.41. The summed E-state index contributed by atoms with van der Waals surface area (Å²) in [6.07, 6.45) is 0.688. The molecular formula is C28H53O13P. The molecule has 0 saturated heterocycles. The Labute approximate surface area is 249 Å². The molecule has 6 N–H and O–H groups in total. The van der Waals surface area contributed by atoms with Crippen molar-refractivity contribution < 1.29 is 63.1 Å². The summed E-state index contributed by atoms with van der Waals surface area (Å²) in [7, 11) is -5.07. The van der Waals surface area contributed by atoms with E-state index >= 15 is 0 Å². The number of aliphatic hydroxyl groups excluding tert-OH is 5. The van der Waals surface area contributed by atoms with Crippen LogP contribution in [0.15, 0.2) is 0 Å². The first kappa shape index (κ1) is 38.9. The van der Waals surface area contributed by atoms with Crippen molar-refractivity contribution in [3.8, 4) is 0 Å². The van der Waals surface area contributed by atoms with Gasteiger partial charge in [-0.25, -0.2) is 4.57 Å². The van der Waals surface area contributed by atoms with Gasteiger partial charge in [-0.05, 0) is 12.8 Å². The summed E-state index contributed by atoms with van der Waals surface area (Å²) in [5.41, 5.74) is 0. The zero-order valence-corrected chi connectivity index (χ0v) is 25.9. The van der Waals surface area contributed by atoms with Crippen LogP contribution in [0.4, 0.5) is 0 Å². The van der Waals surface area contributed by atoms with Gasteiger partial charge in [0, 0.05) is 12.8 Å². The summed E-state index contributed by atoms with van der Waals surface area (Å²) in [6, 6.07) is 0. The van der Waals surface area contributed by atoms with Crippen molar-refractivity contribution in [2.24, 2.45) is 0 Å². The number of phosphoric ester groups is 1. The Morgan fingerprint density at radius 1 is 0.643 bits per heavy atom. The number of carbonyl (C=O) groups is 2. The quantitative estimate of drug-likeness (QED) is 0.0547. The Bertz CT molecular complexity index is 782. The fourth-order valence-corrected chi connectivity index (χ4v) is 5.53. The largest absolute Gasteiger partial charge is 0.472 e. The first-order valence-electron chi connectivity index (χ1n) is 15.3. The van der Waals surface area contributed by atoms with Crippen LogP contribution in [0, 0.1) is 0 Å². The number of hydrogen-bond donors (Lipinski definition) is 6. The SMILES string of the molecule is CCCCCCCCCCCCCC(=O)OC(COC(=O)CCCC)COP(=O)(O)OC1C(O)C(O)C(O)C(O)C1O. The van der Waals surface area contributed by atoms with Gasteiger partial charge in [0.05, 0.1) is 6.61 Å². The molecule has 0 radical (unpaired) electrons. The van der Waals surface area contributed by atoms with Gasteiger partial charge in [-0.1, -0.05) is 84.5 Å². The summed E-state index contributed by atoms with van der Waals surface area (Å²) < 4.78 is 32.7. The molecule has 0 spiro atoms. The van der Waals surface area contributed by atoms with Gasteiger partial charge in [0.2, 0.25) is 0 Å². The van der Waals surface area contributed by atoms with Crippen LogP contribution in [0.5, 0.6) is 0 Å². The molecule has 42 heavy (non-hydrogen) atoms. The summed E-state index contributed by atoms with van der Waals surface area (Å²) in [5.74, 6) is -1.14. The molecule has 0 aliphatic heterocycles. The lowest BCUT2D eigenvalue weighted by Crippen LogP contribution is -2.64. The zero-order chi connectivity index (χ0) is 31.5. The van der Waals surface area contributed by atoms with Crippen LogP contribution >= 0.6 is 7.82 Å². The predicted octanol–water partition coefficient (Wildman–Crippen LogP) is 2.65. The number of carbonyl (C=O) groups excluding carboxylic acids is 2. The van der Waals surface area contributed by atoms with Crippen LogP contribution in [0.1, 0.15) is 110 Å². The lowest BCUT2D eigenvalue weighted by molar-refractivity contribution is -0.220. The Kier molecular flexibility index (Phi) is 19.9. The molecule has 0 amide bonds. The van der Waals surface area contributed by atoms with E-state index in [4.69, 9.17) is 18.5 Å². The highest BCUT2D eigenvalue weighted by Crippen LogP contribution is 2.47. The molecule has 0 aromatic carbocycles. The van der Waals surface area contributed by atoms with E-state index in [9.17, 15) is 44.6 Å². The van der Waals surface area contributed by atoms with E-state index in [-0.39, 0.29) is 12.8 Å². The number of esters is 2. The number of aliphatic hydroxyl groups is 5. The molecule has 1 rings (SSSR count). The second kappa shape index (κ2) is 21.5. The topological polar surface area (TPSA) is 210 Å². The highest BCUT2D eigenvalue weighted by molar-refractivity contribution is 7.47. The van der Waals surface area contributed by atoms with E-state index in [1.54, 1.807) is 0 Å². The molecule has 0 bridgehead atoms. The average Bonchev–Trinajstić information content (AvgIpc) is 2.96. The van der Waals surface area contributed by atoms with Crippen LogP contribution in [0.25, 0.3) is 0 Å². The predicted molar refractivity (Wildman–Crippen MR) is 152 cm³/mol. The van der Waals surface area contributed by atoms with Crippen molar-refractivity contribution in [3.63, 3.8) is 0 Å². The molecule has 1 fully saturated rings. The van der Waals surface area contributed by atoms with Crippen molar-refractivity contribution in [3.05, 3.63) is 0 Å². The smallest absolute Gasteiger partial charge is 0.462 e. The molecule has 1 saturated carbocycles. The van der Waals surface area contributed by atoms with E-state index in [1.165, 1.54) is 38.5 Å². The number of unbranched alkanes of at least 4 members (excludes halogenated alkanes) is 11. The second-order valence-electron chi connectivity index (χ2n) is 11.0. The molecule has 1 aliphatic carbocycles. The fourth-order valence-electron chi connectivity index (χ4n) is 4.56. The molecule has 13 nitrogen and oxygen atoms in total. The number of ether oxygens (including phenoxy) is 2. The minimum absolute atomic E-state index is 0.100. The van der Waals surface area contributed by atoms with Crippen LogP contribution in [-0.4, -0.2) is 98.3 Å². The molecule has 0 aromatic heterocycles. The Morgan fingerprint density at radius 3 is 1.62 bits per heavy atom. The number of phosphoric acid groups is 1. The highest BCUT2D eigenvalue weighted by atomic mass is 31.2. The van der Waals surface area contributed by atoms with Gasteiger partial charge in [0.1, 0.15) is 43.2 Å². The Morgan fingerprint density at radius 2 is 1.10 bits per heavy atom. The summed E-state index contributed by atoms with van der Waals surface area (Å²) in [4.78, 5) is 34.5. The van der Waals surface area contributed by atoms with Crippen molar-refractivity contribution >= 4 is 19.8 Å². The summed E-state index contributed by atoms with van der Waals surface area (Å²) in [6.45, 7) is 2.93. The molecule has 6 atom stereocenters. The van der Waals surface area contributed by atoms with Crippen molar-refractivity contribution in [1.82, 2.24) is 0 Å². The van der Waals surface area contributed by atoms with E-state index in [0.29, 0.717) is 12.8 Å². The number of rotatable bonds is 23. The highest BCUT2D eigenvalue weighted by Gasteiger charge is 2.51. The third kappa shape index (κ3) is 15.5. The van der Waals surface area contributed by atoms with E-state index in [1.807, 2.05) is 6.92 Å². The van der Waals surface area contributed by atoms with E-state index < -0.39 is 75.7 Å². The van der Waals surface area contributed by atoms with E-state index in [2.05, 4.69) is 6.92 Å². The summed E-state index contributed by atoms with van der Waals surface area (Å²) >= 11 is 0. The second-order valence-corrected chi connectivity index (χ2v) is 12.4. The normalized spacial score (nSPS) is 26.4. The first-order valence-corrected chi connectivity index (χ1v) is 16.8. The molecule has 0 heterocycles. The molecule has 0 aromatic rings.